The highest BCUT2D eigenvalue weighted by atomic mass is 35.5. The maximum atomic E-state index is 12.5. The lowest BCUT2D eigenvalue weighted by atomic mass is 10.0. The molecule has 1 aliphatic rings. The molecule has 0 radical (unpaired) electrons. The summed E-state index contributed by atoms with van der Waals surface area (Å²) in [4.78, 5) is 26.1. The summed E-state index contributed by atoms with van der Waals surface area (Å²) < 4.78 is 0. The summed E-state index contributed by atoms with van der Waals surface area (Å²) in [6, 6.07) is 11.7. The number of nitrogen functional groups attached to an aromatic ring is 1. The van der Waals surface area contributed by atoms with E-state index in [-0.39, 0.29) is 30.1 Å². The standard InChI is InChI=1S/C16H13N3O2.ClH/c1-9-3-2-4-12-13(9)16(21)19(15(12)20)11-7-5-10(6-8-11)14(17)18;/h2-8H,1H3,(H3,17,18);1H. The van der Waals surface area contributed by atoms with E-state index in [1.165, 1.54) is 0 Å². The van der Waals surface area contributed by atoms with E-state index in [0.717, 1.165) is 10.5 Å². The number of carbonyl (C=O) groups excluding carboxylic acids is 2. The molecule has 5 nitrogen and oxygen atoms in total. The number of aryl methyl sites for hydroxylation is 1. The molecule has 3 rings (SSSR count). The number of nitrogens with two attached hydrogens (primary N) is 1. The van der Waals surface area contributed by atoms with Gasteiger partial charge in [-0.1, -0.05) is 12.1 Å². The number of hydrogen-bond acceptors (Lipinski definition) is 3. The van der Waals surface area contributed by atoms with Crippen LogP contribution in [-0.4, -0.2) is 17.6 Å². The number of amides is 2. The zero-order chi connectivity index (χ0) is 15.1. The third-order valence-corrected chi connectivity index (χ3v) is 3.56. The van der Waals surface area contributed by atoms with Crippen LogP contribution in [0.3, 0.4) is 0 Å². The van der Waals surface area contributed by atoms with E-state index >= 15 is 0 Å². The predicted octanol–water partition coefficient (Wildman–Crippen LogP) is 2.50. The van der Waals surface area contributed by atoms with Crippen molar-refractivity contribution in [3.8, 4) is 0 Å². The highest BCUT2D eigenvalue weighted by Crippen LogP contribution is 2.30. The van der Waals surface area contributed by atoms with Gasteiger partial charge in [0.15, 0.2) is 0 Å². The molecule has 1 aliphatic heterocycles. The number of hydrogen-bond donors (Lipinski definition) is 2. The van der Waals surface area contributed by atoms with Crippen LogP contribution in [0.15, 0.2) is 42.5 Å². The lowest BCUT2D eigenvalue weighted by Gasteiger charge is -2.14. The zero-order valence-corrected chi connectivity index (χ0v) is 12.6. The number of nitrogens with one attached hydrogen (secondary N) is 1. The number of carbonyl (C=O) groups is 2. The highest BCUT2D eigenvalue weighted by molar-refractivity contribution is 6.34. The topological polar surface area (TPSA) is 87.2 Å². The van der Waals surface area contributed by atoms with Gasteiger partial charge in [0.2, 0.25) is 0 Å². The average Bonchev–Trinajstić information content (AvgIpc) is 2.72. The molecule has 0 aliphatic carbocycles. The fourth-order valence-electron chi connectivity index (χ4n) is 2.48. The Balaban J connectivity index is 0.00000176. The van der Waals surface area contributed by atoms with Crippen LogP contribution >= 0.6 is 12.4 Å². The third kappa shape index (κ3) is 2.25. The Kier molecular flexibility index (Phi) is 4.01. The molecule has 3 N–H and O–H groups in total. The first kappa shape index (κ1) is 15.7. The molecule has 22 heavy (non-hydrogen) atoms. The minimum Gasteiger partial charge on any atom is -0.384 e. The van der Waals surface area contributed by atoms with Gasteiger partial charge in [0.05, 0.1) is 16.8 Å². The molecular weight excluding hydrogens is 302 g/mol. The number of amidine groups is 1. The second-order valence-corrected chi connectivity index (χ2v) is 4.90. The summed E-state index contributed by atoms with van der Waals surface area (Å²) >= 11 is 0. The van der Waals surface area contributed by atoms with Crippen LogP contribution in [0.2, 0.25) is 0 Å². The molecule has 112 valence electrons. The van der Waals surface area contributed by atoms with Gasteiger partial charge < -0.3 is 5.73 Å². The quantitative estimate of drug-likeness (QED) is 0.507. The molecule has 0 fully saturated rings. The smallest absolute Gasteiger partial charge is 0.266 e. The van der Waals surface area contributed by atoms with Crippen molar-refractivity contribution >= 4 is 35.7 Å². The van der Waals surface area contributed by atoms with E-state index in [9.17, 15) is 9.59 Å². The van der Waals surface area contributed by atoms with Crippen LogP contribution < -0.4 is 10.6 Å². The Morgan fingerprint density at radius 2 is 1.68 bits per heavy atom. The van der Waals surface area contributed by atoms with Crippen LogP contribution in [0, 0.1) is 12.3 Å². The van der Waals surface area contributed by atoms with E-state index in [0.29, 0.717) is 22.4 Å². The lowest BCUT2D eigenvalue weighted by Crippen LogP contribution is -2.29. The van der Waals surface area contributed by atoms with Crippen LogP contribution in [-0.2, 0) is 0 Å². The van der Waals surface area contributed by atoms with Crippen LogP contribution in [0.4, 0.5) is 5.69 Å². The van der Waals surface area contributed by atoms with Crippen molar-refractivity contribution in [3.05, 3.63) is 64.7 Å². The van der Waals surface area contributed by atoms with Crippen molar-refractivity contribution in [3.63, 3.8) is 0 Å². The predicted molar refractivity (Wildman–Crippen MR) is 87.0 cm³/mol. The zero-order valence-electron chi connectivity index (χ0n) is 11.8. The van der Waals surface area contributed by atoms with Crippen molar-refractivity contribution in [2.75, 3.05) is 4.90 Å². The van der Waals surface area contributed by atoms with Crippen LogP contribution in [0.5, 0.6) is 0 Å². The maximum Gasteiger partial charge on any atom is 0.266 e. The molecule has 0 bridgehead atoms. The first-order valence-electron chi connectivity index (χ1n) is 6.43. The Labute approximate surface area is 133 Å². The monoisotopic (exact) mass is 315 g/mol. The number of imide groups is 1. The van der Waals surface area contributed by atoms with E-state index in [1.807, 2.05) is 13.0 Å². The summed E-state index contributed by atoms with van der Waals surface area (Å²) in [5.74, 6) is -0.697. The van der Waals surface area contributed by atoms with Gasteiger partial charge in [-0.05, 0) is 42.8 Å². The summed E-state index contributed by atoms with van der Waals surface area (Å²) in [7, 11) is 0. The van der Waals surface area contributed by atoms with E-state index in [2.05, 4.69) is 0 Å². The third-order valence-electron chi connectivity index (χ3n) is 3.56. The second kappa shape index (κ2) is 5.61. The molecule has 2 aromatic rings. The first-order chi connectivity index (χ1) is 10.0. The minimum atomic E-state index is -0.325. The van der Waals surface area contributed by atoms with Crippen molar-refractivity contribution in [2.24, 2.45) is 5.73 Å². The number of fused-ring (bicyclic) bond motifs is 1. The van der Waals surface area contributed by atoms with E-state index < -0.39 is 0 Å². The van der Waals surface area contributed by atoms with Crippen LogP contribution in [0.1, 0.15) is 31.8 Å². The van der Waals surface area contributed by atoms with Crippen molar-refractivity contribution in [1.29, 1.82) is 5.41 Å². The Morgan fingerprint density at radius 1 is 1.05 bits per heavy atom. The lowest BCUT2D eigenvalue weighted by molar-refractivity contribution is 0.0926. The molecule has 0 atom stereocenters. The van der Waals surface area contributed by atoms with Gasteiger partial charge >= 0.3 is 0 Å². The normalized spacial score (nSPS) is 12.9. The van der Waals surface area contributed by atoms with Gasteiger partial charge in [-0.15, -0.1) is 12.4 Å². The number of rotatable bonds is 2. The Bertz CT molecular complexity index is 784. The summed E-state index contributed by atoms with van der Waals surface area (Å²) in [5, 5.41) is 7.36. The molecule has 0 saturated carbocycles. The average molecular weight is 316 g/mol. The largest absolute Gasteiger partial charge is 0.384 e. The van der Waals surface area contributed by atoms with Crippen molar-refractivity contribution in [1.82, 2.24) is 0 Å². The molecule has 6 heteroatoms. The number of halogens is 1. The van der Waals surface area contributed by atoms with Gasteiger partial charge in [-0.25, -0.2) is 4.90 Å². The first-order valence-corrected chi connectivity index (χ1v) is 6.43. The number of nitrogens with zero attached hydrogens (tertiary/aromatic N) is 1. The molecule has 1 heterocycles. The van der Waals surface area contributed by atoms with Gasteiger partial charge in [-0.2, -0.15) is 0 Å². The molecule has 2 aromatic carbocycles. The Morgan fingerprint density at radius 3 is 2.23 bits per heavy atom. The van der Waals surface area contributed by atoms with Crippen molar-refractivity contribution < 1.29 is 9.59 Å². The van der Waals surface area contributed by atoms with Crippen LogP contribution in [0.25, 0.3) is 0 Å². The Hall–Kier alpha value is -2.66. The second-order valence-electron chi connectivity index (χ2n) is 4.90. The van der Waals surface area contributed by atoms with Crippen molar-refractivity contribution in [2.45, 2.75) is 6.92 Å². The molecule has 0 spiro atoms. The van der Waals surface area contributed by atoms with E-state index in [4.69, 9.17) is 11.1 Å². The summed E-state index contributed by atoms with van der Waals surface area (Å²) in [5.41, 5.74) is 8.09. The fraction of sp³-hybridized carbons (Fsp3) is 0.0625. The highest BCUT2D eigenvalue weighted by Gasteiger charge is 2.37. The molecule has 2 amide bonds. The molecule has 0 aromatic heterocycles. The number of anilines is 1. The molecular formula is C16H14ClN3O2. The van der Waals surface area contributed by atoms with Gasteiger partial charge in [0, 0.05) is 5.56 Å². The van der Waals surface area contributed by atoms with Gasteiger partial charge in [0.25, 0.3) is 11.8 Å². The maximum absolute atomic E-state index is 12.5. The summed E-state index contributed by atoms with van der Waals surface area (Å²) in [6.45, 7) is 1.81. The van der Waals surface area contributed by atoms with Gasteiger partial charge in [-0.3, -0.25) is 15.0 Å². The molecule has 0 unspecified atom stereocenters. The summed E-state index contributed by atoms with van der Waals surface area (Å²) in [6.07, 6.45) is 0. The minimum absolute atomic E-state index is 0. The number of benzene rings is 2. The molecule has 0 saturated heterocycles. The van der Waals surface area contributed by atoms with Gasteiger partial charge in [0.1, 0.15) is 5.84 Å². The fourth-order valence-corrected chi connectivity index (χ4v) is 2.48. The van der Waals surface area contributed by atoms with E-state index in [1.54, 1.807) is 36.4 Å². The SMILES string of the molecule is Cc1cccc2c1C(=O)N(c1ccc(C(=N)N)cc1)C2=O.Cl.